The van der Waals surface area contributed by atoms with Gasteiger partial charge in [-0.15, -0.1) is 0 Å². The molecule has 39 heavy (non-hydrogen) atoms. The Morgan fingerprint density at radius 2 is 1.64 bits per heavy atom. The van der Waals surface area contributed by atoms with Crippen LogP contribution in [-0.4, -0.2) is 51.4 Å². The molecule has 3 rings (SSSR count). The van der Waals surface area contributed by atoms with Crippen LogP contribution in [0.1, 0.15) is 26.3 Å². The molecule has 208 valence electrons. The second kappa shape index (κ2) is 13.6. The lowest BCUT2D eigenvalue weighted by Gasteiger charge is -2.32. The van der Waals surface area contributed by atoms with Gasteiger partial charge in [0.2, 0.25) is 11.8 Å². The number of nitrogens with zero attached hydrogens (tertiary/aromatic N) is 2. The smallest absolute Gasteiger partial charge is 0.264 e. The van der Waals surface area contributed by atoms with E-state index in [0.717, 1.165) is 14.3 Å². The number of sulfonamides is 1. The Kier molecular flexibility index (Phi) is 10.5. The van der Waals surface area contributed by atoms with Crippen molar-refractivity contribution < 1.29 is 22.7 Å². The highest BCUT2D eigenvalue weighted by molar-refractivity contribution is 9.10. The van der Waals surface area contributed by atoms with Crippen molar-refractivity contribution in [2.24, 2.45) is 5.92 Å². The second-order valence-corrected chi connectivity index (χ2v) is 12.3. The molecule has 0 fully saturated rings. The molecule has 1 N–H and O–H groups in total. The van der Waals surface area contributed by atoms with E-state index in [9.17, 15) is 18.0 Å². The third-order valence-corrected chi connectivity index (χ3v) is 8.33. The van der Waals surface area contributed by atoms with E-state index in [1.165, 1.54) is 24.1 Å². The normalized spacial score (nSPS) is 12.1. The molecule has 3 aromatic carbocycles. The molecular formula is C29H34BrN3O5S. The monoisotopic (exact) mass is 615 g/mol. The maximum atomic E-state index is 13.9. The van der Waals surface area contributed by atoms with Crippen LogP contribution in [-0.2, 0) is 26.2 Å². The number of amides is 2. The van der Waals surface area contributed by atoms with E-state index in [4.69, 9.17) is 4.74 Å². The standard InChI is InChI=1S/C29H34BrN3O5S/c1-21(2)18-31-29(35)22(3)32(19-23-10-8-11-24(30)16-23)28(34)20-33(25-12-9-13-26(17-25)38-4)39(36,37)27-14-6-5-7-15-27/h5-17,21-22H,18-20H2,1-4H3,(H,31,35)/t22-/m0/s1. The minimum Gasteiger partial charge on any atom is -0.497 e. The van der Waals surface area contributed by atoms with Crippen molar-refractivity contribution >= 4 is 43.5 Å². The summed E-state index contributed by atoms with van der Waals surface area (Å²) in [7, 11) is -2.65. The van der Waals surface area contributed by atoms with Crippen LogP contribution in [0.5, 0.6) is 5.75 Å². The van der Waals surface area contributed by atoms with E-state index in [2.05, 4.69) is 21.2 Å². The molecule has 0 bridgehead atoms. The fraction of sp³-hybridized carbons (Fsp3) is 0.310. The molecule has 0 aliphatic rings. The Bertz CT molecular complexity index is 1380. The Hall–Kier alpha value is -3.37. The Labute approximate surface area is 239 Å². The van der Waals surface area contributed by atoms with Gasteiger partial charge in [-0.2, -0.15) is 0 Å². The molecule has 0 aliphatic carbocycles. The third-order valence-electron chi connectivity index (χ3n) is 6.05. The zero-order valence-electron chi connectivity index (χ0n) is 22.5. The number of nitrogens with one attached hydrogen (secondary N) is 1. The Morgan fingerprint density at radius 3 is 2.28 bits per heavy atom. The SMILES string of the molecule is COc1cccc(N(CC(=O)N(Cc2cccc(Br)c2)[C@@H](C)C(=O)NCC(C)C)S(=O)(=O)c2ccccc2)c1. The van der Waals surface area contributed by atoms with Crippen molar-refractivity contribution in [1.82, 2.24) is 10.2 Å². The zero-order chi connectivity index (χ0) is 28.6. The molecule has 0 saturated carbocycles. The van der Waals surface area contributed by atoms with Crippen LogP contribution in [0, 0.1) is 5.92 Å². The van der Waals surface area contributed by atoms with Crippen LogP contribution in [0.2, 0.25) is 0 Å². The first-order valence-electron chi connectivity index (χ1n) is 12.6. The van der Waals surface area contributed by atoms with Crippen LogP contribution >= 0.6 is 15.9 Å². The maximum Gasteiger partial charge on any atom is 0.264 e. The molecule has 0 unspecified atom stereocenters. The summed E-state index contributed by atoms with van der Waals surface area (Å²) in [5.41, 5.74) is 1.06. The number of carbonyl (C=O) groups is 2. The second-order valence-electron chi connectivity index (χ2n) is 9.49. The molecule has 8 nitrogen and oxygen atoms in total. The highest BCUT2D eigenvalue weighted by Crippen LogP contribution is 2.27. The van der Waals surface area contributed by atoms with E-state index in [-0.39, 0.29) is 29.0 Å². The number of hydrogen-bond acceptors (Lipinski definition) is 5. The predicted molar refractivity (Wildman–Crippen MR) is 156 cm³/mol. The van der Waals surface area contributed by atoms with Crippen molar-refractivity contribution in [3.63, 3.8) is 0 Å². The molecule has 10 heteroatoms. The molecule has 3 aromatic rings. The van der Waals surface area contributed by atoms with Crippen molar-refractivity contribution in [3.8, 4) is 5.75 Å². The quantitative estimate of drug-likeness (QED) is 0.314. The van der Waals surface area contributed by atoms with Crippen molar-refractivity contribution in [1.29, 1.82) is 0 Å². The first-order chi connectivity index (χ1) is 18.5. The summed E-state index contributed by atoms with van der Waals surface area (Å²) in [5, 5.41) is 2.88. The van der Waals surface area contributed by atoms with Gasteiger partial charge in [0, 0.05) is 23.6 Å². The summed E-state index contributed by atoms with van der Waals surface area (Å²) in [4.78, 5) is 28.4. The van der Waals surface area contributed by atoms with Gasteiger partial charge in [0.05, 0.1) is 17.7 Å². The molecule has 0 heterocycles. The van der Waals surface area contributed by atoms with Crippen molar-refractivity contribution in [2.75, 3.05) is 24.5 Å². The van der Waals surface area contributed by atoms with Gasteiger partial charge in [-0.1, -0.05) is 66.2 Å². The number of rotatable bonds is 12. The first-order valence-corrected chi connectivity index (χ1v) is 14.8. The zero-order valence-corrected chi connectivity index (χ0v) is 24.9. The molecule has 0 spiro atoms. The van der Waals surface area contributed by atoms with Gasteiger partial charge in [-0.05, 0) is 54.8 Å². The fourth-order valence-electron chi connectivity index (χ4n) is 3.88. The highest BCUT2D eigenvalue weighted by atomic mass is 79.9. The summed E-state index contributed by atoms with van der Waals surface area (Å²) in [5.74, 6) is -0.161. The van der Waals surface area contributed by atoms with Crippen molar-refractivity contribution in [3.05, 3.63) is 88.9 Å². The van der Waals surface area contributed by atoms with Crippen LogP contribution < -0.4 is 14.4 Å². The van der Waals surface area contributed by atoms with Crippen molar-refractivity contribution in [2.45, 2.75) is 38.3 Å². The number of benzene rings is 3. The molecular weight excluding hydrogens is 582 g/mol. The van der Waals surface area contributed by atoms with Gasteiger partial charge >= 0.3 is 0 Å². The fourth-order valence-corrected chi connectivity index (χ4v) is 5.75. The van der Waals surface area contributed by atoms with E-state index in [1.807, 2.05) is 38.1 Å². The van der Waals surface area contributed by atoms with Gasteiger partial charge in [-0.25, -0.2) is 8.42 Å². The topological polar surface area (TPSA) is 96.0 Å². The Balaban J connectivity index is 2.02. The van der Waals surface area contributed by atoms with Gasteiger partial charge in [-0.3, -0.25) is 13.9 Å². The molecule has 0 saturated heterocycles. The lowest BCUT2D eigenvalue weighted by atomic mass is 10.1. The minimum absolute atomic E-state index is 0.0434. The van der Waals surface area contributed by atoms with Gasteiger partial charge in [0.25, 0.3) is 10.0 Å². The number of anilines is 1. The number of ether oxygens (including phenoxy) is 1. The van der Waals surface area contributed by atoms with E-state index in [0.29, 0.717) is 12.3 Å². The number of methoxy groups -OCH3 is 1. The van der Waals surface area contributed by atoms with Gasteiger partial charge in [0.1, 0.15) is 18.3 Å². The lowest BCUT2D eigenvalue weighted by Crippen LogP contribution is -2.51. The number of hydrogen-bond donors (Lipinski definition) is 1. The summed E-state index contributed by atoms with van der Waals surface area (Å²) in [6.07, 6.45) is 0. The van der Waals surface area contributed by atoms with E-state index < -0.39 is 28.5 Å². The van der Waals surface area contributed by atoms with E-state index in [1.54, 1.807) is 49.4 Å². The molecule has 0 radical (unpaired) electrons. The molecule has 2 amide bonds. The van der Waals surface area contributed by atoms with Crippen LogP contribution in [0.25, 0.3) is 0 Å². The van der Waals surface area contributed by atoms with Gasteiger partial charge < -0.3 is 15.0 Å². The van der Waals surface area contributed by atoms with Crippen LogP contribution in [0.4, 0.5) is 5.69 Å². The largest absolute Gasteiger partial charge is 0.497 e. The highest BCUT2D eigenvalue weighted by Gasteiger charge is 2.32. The number of halogens is 1. The third kappa shape index (κ3) is 8.06. The van der Waals surface area contributed by atoms with E-state index >= 15 is 0 Å². The van der Waals surface area contributed by atoms with Crippen LogP contribution in [0.3, 0.4) is 0 Å². The first kappa shape index (κ1) is 30.2. The predicted octanol–water partition coefficient (Wildman–Crippen LogP) is 4.84. The molecule has 1 atom stereocenters. The minimum atomic E-state index is -4.13. The Morgan fingerprint density at radius 1 is 0.949 bits per heavy atom. The molecule has 0 aliphatic heterocycles. The molecule has 0 aromatic heterocycles. The summed E-state index contributed by atoms with van der Waals surface area (Å²) in [6, 6.07) is 21.0. The average Bonchev–Trinajstić information content (AvgIpc) is 2.93. The lowest BCUT2D eigenvalue weighted by molar-refractivity contribution is -0.139. The average molecular weight is 617 g/mol. The van der Waals surface area contributed by atoms with Crippen LogP contribution in [0.15, 0.2) is 88.2 Å². The maximum absolute atomic E-state index is 13.9. The number of carbonyl (C=O) groups excluding carboxylic acids is 2. The summed E-state index contributed by atoms with van der Waals surface area (Å²) >= 11 is 3.45. The summed E-state index contributed by atoms with van der Waals surface area (Å²) < 4.78 is 34.8. The van der Waals surface area contributed by atoms with Gasteiger partial charge in [0.15, 0.2) is 0 Å². The summed E-state index contributed by atoms with van der Waals surface area (Å²) in [6.45, 7) is 5.67.